The van der Waals surface area contributed by atoms with Gasteiger partial charge in [-0.15, -0.1) is 5.10 Å². The Morgan fingerprint density at radius 1 is 1.47 bits per heavy atom. The molecule has 6 heteroatoms. The Hall–Kier alpha value is -0.620. The average Bonchev–Trinajstić information content (AvgIpc) is 2.76. The van der Waals surface area contributed by atoms with Gasteiger partial charge in [-0.1, -0.05) is 12.8 Å². The van der Waals surface area contributed by atoms with Crippen molar-refractivity contribution in [3.63, 3.8) is 0 Å². The van der Waals surface area contributed by atoms with Crippen molar-refractivity contribution in [1.29, 1.82) is 0 Å². The summed E-state index contributed by atoms with van der Waals surface area (Å²) in [5, 5.41) is 12.4. The minimum Gasteiger partial charge on any atom is -0.324 e. The van der Waals surface area contributed by atoms with Crippen LogP contribution in [0, 0.1) is 0 Å². The summed E-state index contributed by atoms with van der Waals surface area (Å²) in [6, 6.07) is 0.433. The third-order valence-corrected chi connectivity index (χ3v) is 4.18. The van der Waals surface area contributed by atoms with Gasteiger partial charge in [-0.05, 0) is 29.5 Å². The number of hydrogen-bond donors (Lipinski definition) is 1. The molecular weight excluding hydrogens is 210 g/mol. The minimum absolute atomic E-state index is 0.421. The zero-order valence-electron chi connectivity index (χ0n) is 8.96. The van der Waals surface area contributed by atoms with Crippen LogP contribution in [-0.4, -0.2) is 31.7 Å². The molecule has 1 aromatic rings. The fraction of sp³-hybridized carbons (Fsp3) is 0.889. The van der Waals surface area contributed by atoms with Crippen LogP contribution in [-0.2, 0) is 6.54 Å². The highest BCUT2D eigenvalue weighted by atomic mass is 32.2. The Balaban J connectivity index is 2.20. The SMILES string of the molecule is CSC1CCCCC1n1nnnc1CN. The van der Waals surface area contributed by atoms with Gasteiger partial charge in [-0.25, -0.2) is 4.68 Å². The van der Waals surface area contributed by atoms with E-state index in [1.807, 2.05) is 16.4 Å². The lowest BCUT2D eigenvalue weighted by Gasteiger charge is -2.30. The Bertz CT molecular complexity index is 313. The lowest BCUT2D eigenvalue weighted by molar-refractivity contribution is 0.327. The molecule has 84 valence electrons. The molecule has 2 atom stereocenters. The first kappa shape index (κ1) is 10.9. The van der Waals surface area contributed by atoms with Gasteiger partial charge in [-0.3, -0.25) is 0 Å². The second-order valence-electron chi connectivity index (χ2n) is 3.87. The monoisotopic (exact) mass is 227 g/mol. The molecule has 0 spiro atoms. The fourth-order valence-corrected chi connectivity index (χ4v) is 3.20. The van der Waals surface area contributed by atoms with Gasteiger partial charge >= 0.3 is 0 Å². The lowest BCUT2D eigenvalue weighted by atomic mass is 9.95. The highest BCUT2D eigenvalue weighted by Gasteiger charge is 2.28. The van der Waals surface area contributed by atoms with Crippen molar-refractivity contribution < 1.29 is 0 Å². The molecule has 0 bridgehead atoms. The summed E-state index contributed by atoms with van der Waals surface area (Å²) in [5.74, 6) is 0.806. The van der Waals surface area contributed by atoms with Crippen LogP contribution in [0.15, 0.2) is 0 Å². The van der Waals surface area contributed by atoms with E-state index in [-0.39, 0.29) is 0 Å². The lowest BCUT2D eigenvalue weighted by Crippen LogP contribution is -2.28. The van der Waals surface area contributed by atoms with Crippen LogP contribution in [0.25, 0.3) is 0 Å². The zero-order valence-corrected chi connectivity index (χ0v) is 9.78. The van der Waals surface area contributed by atoms with E-state index >= 15 is 0 Å². The van der Waals surface area contributed by atoms with E-state index in [0.717, 1.165) is 5.82 Å². The zero-order chi connectivity index (χ0) is 10.7. The normalized spacial score (nSPS) is 26.8. The van der Waals surface area contributed by atoms with E-state index < -0.39 is 0 Å². The minimum atomic E-state index is 0.421. The summed E-state index contributed by atoms with van der Waals surface area (Å²) >= 11 is 1.91. The van der Waals surface area contributed by atoms with Crippen LogP contribution in [0.1, 0.15) is 37.5 Å². The van der Waals surface area contributed by atoms with Crippen molar-refractivity contribution in [1.82, 2.24) is 20.2 Å². The number of nitrogens with zero attached hydrogens (tertiary/aromatic N) is 4. The second-order valence-corrected chi connectivity index (χ2v) is 4.95. The maximum absolute atomic E-state index is 5.62. The summed E-state index contributed by atoms with van der Waals surface area (Å²) in [7, 11) is 0. The number of rotatable bonds is 3. The van der Waals surface area contributed by atoms with Gasteiger partial charge in [0.15, 0.2) is 5.82 Å². The second kappa shape index (κ2) is 4.94. The van der Waals surface area contributed by atoms with Crippen molar-refractivity contribution in [2.45, 2.75) is 43.5 Å². The van der Waals surface area contributed by atoms with Gasteiger partial charge < -0.3 is 5.73 Å². The third kappa shape index (κ3) is 2.15. The van der Waals surface area contributed by atoms with E-state index in [9.17, 15) is 0 Å². The largest absolute Gasteiger partial charge is 0.324 e. The van der Waals surface area contributed by atoms with E-state index in [1.165, 1.54) is 25.7 Å². The molecule has 0 amide bonds. The Labute approximate surface area is 93.8 Å². The first-order valence-electron chi connectivity index (χ1n) is 5.36. The molecule has 0 aliphatic heterocycles. The molecule has 1 fully saturated rings. The molecule has 2 unspecified atom stereocenters. The van der Waals surface area contributed by atoms with E-state index in [2.05, 4.69) is 21.8 Å². The molecule has 1 aliphatic rings. The fourth-order valence-electron chi connectivity index (χ4n) is 2.24. The molecule has 1 aromatic heterocycles. The maximum atomic E-state index is 5.62. The standard InChI is InChI=1S/C9H17N5S/c1-15-8-5-3-2-4-7(8)14-9(6-10)11-12-13-14/h7-8H,2-6,10H2,1H3. The summed E-state index contributed by atoms with van der Waals surface area (Å²) in [4.78, 5) is 0. The van der Waals surface area contributed by atoms with Gasteiger partial charge in [0, 0.05) is 5.25 Å². The Kier molecular flexibility index (Phi) is 3.58. The number of aromatic nitrogens is 4. The molecule has 2 N–H and O–H groups in total. The smallest absolute Gasteiger partial charge is 0.165 e. The van der Waals surface area contributed by atoms with Crippen LogP contribution < -0.4 is 5.73 Å². The first-order valence-corrected chi connectivity index (χ1v) is 6.65. The summed E-state index contributed by atoms with van der Waals surface area (Å²) in [6.45, 7) is 0.421. The van der Waals surface area contributed by atoms with Crippen LogP contribution in [0.4, 0.5) is 0 Å². The molecule has 1 aliphatic carbocycles. The first-order chi connectivity index (χ1) is 7.36. The van der Waals surface area contributed by atoms with Crippen LogP contribution in [0.2, 0.25) is 0 Å². The average molecular weight is 227 g/mol. The van der Waals surface area contributed by atoms with Crippen molar-refractivity contribution in [3.8, 4) is 0 Å². The van der Waals surface area contributed by atoms with Crippen molar-refractivity contribution in [2.75, 3.05) is 6.26 Å². The summed E-state index contributed by atoms with van der Waals surface area (Å²) in [5.41, 5.74) is 5.62. The van der Waals surface area contributed by atoms with Gasteiger partial charge in [-0.2, -0.15) is 11.8 Å². The molecule has 0 radical (unpaired) electrons. The van der Waals surface area contributed by atoms with E-state index in [4.69, 9.17) is 5.73 Å². The van der Waals surface area contributed by atoms with Gasteiger partial charge in [0.25, 0.3) is 0 Å². The van der Waals surface area contributed by atoms with Crippen molar-refractivity contribution in [2.24, 2.45) is 5.73 Å². The van der Waals surface area contributed by atoms with Crippen LogP contribution in [0.5, 0.6) is 0 Å². The predicted molar refractivity (Wildman–Crippen MR) is 60.5 cm³/mol. The molecular formula is C9H17N5S. The highest BCUT2D eigenvalue weighted by Crippen LogP contribution is 2.35. The third-order valence-electron chi connectivity index (χ3n) is 3.03. The Morgan fingerprint density at radius 3 is 3.00 bits per heavy atom. The van der Waals surface area contributed by atoms with Crippen molar-refractivity contribution in [3.05, 3.63) is 5.82 Å². The summed E-state index contributed by atoms with van der Waals surface area (Å²) in [6.07, 6.45) is 7.18. The number of thioether (sulfide) groups is 1. The number of hydrogen-bond acceptors (Lipinski definition) is 5. The topological polar surface area (TPSA) is 69.6 Å². The quantitative estimate of drug-likeness (QED) is 0.833. The van der Waals surface area contributed by atoms with Crippen LogP contribution in [0.3, 0.4) is 0 Å². The molecule has 15 heavy (non-hydrogen) atoms. The molecule has 5 nitrogen and oxygen atoms in total. The van der Waals surface area contributed by atoms with E-state index in [0.29, 0.717) is 17.8 Å². The molecule has 1 saturated carbocycles. The number of tetrazole rings is 1. The predicted octanol–water partition coefficient (Wildman–Crippen LogP) is 0.978. The molecule has 1 heterocycles. The van der Waals surface area contributed by atoms with Gasteiger partial charge in [0.2, 0.25) is 0 Å². The molecule has 2 rings (SSSR count). The summed E-state index contributed by atoms with van der Waals surface area (Å²) < 4.78 is 1.93. The van der Waals surface area contributed by atoms with Gasteiger partial charge in [0.05, 0.1) is 12.6 Å². The van der Waals surface area contributed by atoms with Gasteiger partial charge in [0.1, 0.15) is 0 Å². The number of nitrogens with two attached hydrogens (primary N) is 1. The molecule has 0 aromatic carbocycles. The maximum Gasteiger partial charge on any atom is 0.165 e. The van der Waals surface area contributed by atoms with Crippen LogP contribution >= 0.6 is 11.8 Å². The molecule has 0 saturated heterocycles. The Morgan fingerprint density at radius 2 is 2.27 bits per heavy atom. The van der Waals surface area contributed by atoms with Crippen molar-refractivity contribution >= 4 is 11.8 Å². The highest BCUT2D eigenvalue weighted by molar-refractivity contribution is 7.99. The van der Waals surface area contributed by atoms with E-state index in [1.54, 1.807) is 0 Å².